The lowest BCUT2D eigenvalue weighted by molar-refractivity contribution is 0.265. The summed E-state index contributed by atoms with van der Waals surface area (Å²) in [6, 6.07) is 6.96. The fourth-order valence-electron chi connectivity index (χ4n) is 2.57. The molecule has 2 saturated carbocycles. The fourth-order valence-corrected chi connectivity index (χ4v) is 2.57. The van der Waals surface area contributed by atoms with Crippen LogP contribution in [0.15, 0.2) is 18.2 Å². The molecule has 1 N–H and O–H groups in total. The molecule has 2 aliphatic rings. The minimum absolute atomic E-state index is 0.0609. The molecule has 0 heterocycles. The molecule has 2 aliphatic carbocycles. The molecule has 2 nitrogen and oxygen atoms in total. The first-order valence-corrected chi connectivity index (χ1v) is 7.51. The molecule has 0 bridgehead atoms. The van der Waals surface area contributed by atoms with Crippen molar-refractivity contribution in [2.75, 3.05) is 6.54 Å². The van der Waals surface area contributed by atoms with E-state index in [4.69, 9.17) is 0 Å². The number of nitrogens with zero attached hydrogens (tertiary/aromatic N) is 1. The molecule has 104 valence electrons. The number of hydrogen-bond donors (Lipinski definition) is 1. The second-order valence-corrected chi connectivity index (χ2v) is 5.88. The van der Waals surface area contributed by atoms with Crippen LogP contribution >= 0.6 is 0 Å². The molecule has 0 unspecified atom stereocenters. The first-order chi connectivity index (χ1) is 9.26. The lowest BCUT2D eigenvalue weighted by atomic mass is 10.1. The van der Waals surface area contributed by atoms with Gasteiger partial charge in [0.25, 0.3) is 0 Å². The Balaban J connectivity index is 1.65. The summed E-state index contributed by atoms with van der Waals surface area (Å²) in [5.74, 6) is -0.0609. The van der Waals surface area contributed by atoms with E-state index in [2.05, 4.69) is 17.1 Å². The van der Waals surface area contributed by atoms with E-state index in [0.29, 0.717) is 12.1 Å². The minimum atomic E-state index is -0.0609. The van der Waals surface area contributed by atoms with Crippen LogP contribution in [0.25, 0.3) is 0 Å². The molecule has 0 radical (unpaired) electrons. The average molecular weight is 262 g/mol. The van der Waals surface area contributed by atoms with Gasteiger partial charge >= 0.3 is 0 Å². The van der Waals surface area contributed by atoms with Crippen molar-refractivity contribution >= 4 is 0 Å². The summed E-state index contributed by atoms with van der Waals surface area (Å²) in [4.78, 5) is 2.39. The highest BCUT2D eigenvalue weighted by molar-refractivity contribution is 5.25. The van der Waals surface area contributed by atoms with E-state index in [1.807, 2.05) is 12.1 Å². The second kappa shape index (κ2) is 5.59. The van der Waals surface area contributed by atoms with Gasteiger partial charge in [-0.3, -0.25) is 4.90 Å². The molecule has 0 spiro atoms. The lowest BCUT2D eigenvalue weighted by Gasteiger charge is -2.20. The van der Waals surface area contributed by atoms with Crippen molar-refractivity contribution in [1.29, 1.82) is 0 Å². The van der Waals surface area contributed by atoms with Gasteiger partial charge in [0.15, 0.2) is 0 Å². The van der Waals surface area contributed by atoms with Crippen molar-refractivity contribution in [3.8, 4) is 0 Å². The summed E-state index contributed by atoms with van der Waals surface area (Å²) in [7, 11) is 0. The first-order valence-electron chi connectivity index (χ1n) is 7.51. The zero-order valence-electron chi connectivity index (χ0n) is 11.7. The Morgan fingerprint density at radius 2 is 2.05 bits per heavy atom. The van der Waals surface area contributed by atoms with E-state index in [0.717, 1.165) is 25.2 Å². The predicted molar refractivity (Wildman–Crippen MR) is 75.4 cm³/mol. The highest BCUT2D eigenvalue weighted by Gasteiger charge is 2.28. The van der Waals surface area contributed by atoms with Crippen LogP contribution in [-0.2, 0) is 13.1 Å². The molecule has 0 saturated heterocycles. The summed E-state index contributed by atoms with van der Waals surface area (Å²) < 4.78 is 13.9. The van der Waals surface area contributed by atoms with Crippen LogP contribution in [0.4, 0.5) is 4.39 Å². The second-order valence-electron chi connectivity index (χ2n) is 5.88. The van der Waals surface area contributed by atoms with Gasteiger partial charge in [-0.2, -0.15) is 0 Å². The maximum Gasteiger partial charge on any atom is 0.127 e. The molecule has 0 aromatic heterocycles. The van der Waals surface area contributed by atoms with Crippen molar-refractivity contribution in [3.63, 3.8) is 0 Å². The quantitative estimate of drug-likeness (QED) is 0.812. The Morgan fingerprint density at radius 1 is 1.26 bits per heavy atom. The molecule has 3 heteroatoms. The third-order valence-electron chi connectivity index (χ3n) is 4.13. The number of hydrogen-bond acceptors (Lipinski definition) is 2. The number of nitrogens with one attached hydrogen (secondary N) is 1. The highest BCUT2D eigenvalue weighted by Crippen LogP contribution is 2.28. The van der Waals surface area contributed by atoms with Crippen molar-refractivity contribution in [1.82, 2.24) is 10.2 Å². The van der Waals surface area contributed by atoms with E-state index in [-0.39, 0.29) is 5.82 Å². The maximum atomic E-state index is 13.9. The van der Waals surface area contributed by atoms with E-state index < -0.39 is 0 Å². The van der Waals surface area contributed by atoms with Crippen LogP contribution in [0.1, 0.15) is 43.7 Å². The van der Waals surface area contributed by atoms with Crippen LogP contribution in [0.2, 0.25) is 0 Å². The molecule has 1 aromatic carbocycles. The lowest BCUT2D eigenvalue weighted by Crippen LogP contribution is -2.25. The van der Waals surface area contributed by atoms with E-state index in [1.165, 1.54) is 31.2 Å². The molecule has 1 aromatic rings. The summed E-state index contributed by atoms with van der Waals surface area (Å²) >= 11 is 0. The third-order valence-corrected chi connectivity index (χ3v) is 4.13. The van der Waals surface area contributed by atoms with E-state index in [1.54, 1.807) is 6.07 Å². The van der Waals surface area contributed by atoms with Crippen molar-refractivity contribution in [2.45, 2.75) is 57.8 Å². The number of rotatable bonds is 7. The van der Waals surface area contributed by atoms with Crippen LogP contribution in [0.3, 0.4) is 0 Å². The van der Waals surface area contributed by atoms with Crippen LogP contribution in [0.5, 0.6) is 0 Å². The van der Waals surface area contributed by atoms with Crippen LogP contribution in [-0.4, -0.2) is 23.5 Å². The van der Waals surface area contributed by atoms with Gasteiger partial charge in [-0.25, -0.2) is 4.39 Å². The molecular formula is C16H23FN2. The molecule has 2 fully saturated rings. The summed E-state index contributed by atoms with van der Waals surface area (Å²) in [6.07, 6.45) is 5.13. The molecule has 0 aliphatic heterocycles. The zero-order chi connectivity index (χ0) is 13.2. The summed E-state index contributed by atoms with van der Waals surface area (Å²) in [5, 5.41) is 3.49. The summed E-state index contributed by atoms with van der Waals surface area (Å²) in [6.45, 7) is 4.79. The van der Waals surface area contributed by atoms with Gasteiger partial charge in [0.05, 0.1) is 0 Å². The first kappa shape index (κ1) is 13.1. The topological polar surface area (TPSA) is 15.3 Å². The van der Waals surface area contributed by atoms with Gasteiger partial charge in [0.1, 0.15) is 5.82 Å². The van der Waals surface area contributed by atoms with Crippen LogP contribution in [0, 0.1) is 5.82 Å². The van der Waals surface area contributed by atoms with Crippen molar-refractivity contribution in [3.05, 3.63) is 35.1 Å². The van der Waals surface area contributed by atoms with Crippen molar-refractivity contribution in [2.24, 2.45) is 0 Å². The standard InChI is InChI=1S/C16H23FN2/c1-2-19(15-6-7-15)11-13-9-12(3-8-16(13)17)10-18-14-4-5-14/h3,8-9,14-15,18H,2,4-7,10-11H2,1H3. The Hall–Kier alpha value is -0.930. The maximum absolute atomic E-state index is 13.9. The molecule has 3 rings (SSSR count). The SMILES string of the molecule is CCN(Cc1cc(CNC2CC2)ccc1F)C1CC1. The highest BCUT2D eigenvalue weighted by atomic mass is 19.1. The van der Waals surface area contributed by atoms with Gasteiger partial charge < -0.3 is 5.32 Å². The summed E-state index contributed by atoms with van der Waals surface area (Å²) in [5.41, 5.74) is 2.05. The largest absolute Gasteiger partial charge is 0.310 e. The molecular weight excluding hydrogens is 239 g/mol. The fraction of sp³-hybridized carbons (Fsp3) is 0.625. The normalized spacial score (nSPS) is 19.1. The molecule has 0 amide bonds. The van der Waals surface area contributed by atoms with E-state index >= 15 is 0 Å². The smallest absolute Gasteiger partial charge is 0.127 e. The van der Waals surface area contributed by atoms with Crippen LogP contribution < -0.4 is 5.32 Å². The average Bonchev–Trinajstić information content (AvgIpc) is 3.28. The minimum Gasteiger partial charge on any atom is -0.310 e. The van der Waals surface area contributed by atoms with Gasteiger partial charge in [-0.05, 0) is 43.9 Å². The van der Waals surface area contributed by atoms with Gasteiger partial charge in [0, 0.05) is 30.7 Å². The zero-order valence-corrected chi connectivity index (χ0v) is 11.7. The Labute approximate surface area is 115 Å². The predicted octanol–water partition coefficient (Wildman–Crippen LogP) is 3.06. The van der Waals surface area contributed by atoms with E-state index in [9.17, 15) is 4.39 Å². The Kier molecular flexibility index (Phi) is 3.85. The van der Waals surface area contributed by atoms with Gasteiger partial charge in [-0.15, -0.1) is 0 Å². The monoisotopic (exact) mass is 262 g/mol. The van der Waals surface area contributed by atoms with Gasteiger partial charge in [0.2, 0.25) is 0 Å². The molecule has 19 heavy (non-hydrogen) atoms. The number of halogens is 1. The van der Waals surface area contributed by atoms with Gasteiger partial charge in [-0.1, -0.05) is 19.1 Å². The molecule has 0 atom stereocenters. The Morgan fingerprint density at radius 3 is 2.68 bits per heavy atom. The Bertz CT molecular complexity index is 438. The van der Waals surface area contributed by atoms with Crippen molar-refractivity contribution < 1.29 is 4.39 Å². The number of benzene rings is 1. The third kappa shape index (κ3) is 3.54.